The fourth-order valence-corrected chi connectivity index (χ4v) is 2.21. The molecule has 0 aliphatic carbocycles. The molecule has 4 nitrogen and oxygen atoms in total. The van der Waals surface area contributed by atoms with Crippen LogP contribution in [0.15, 0.2) is 66.7 Å². The maximum Gasteiger partial charge on any atom is 0.135 e. The van der Waals surface area contributed by atoms with Crippen molar-refractivity contribution in [2.45, 2.75) is 0 Å². The highest BCUT2D eigenvalue weighted by atomic mass is 16.5. The van der Waals surface area contributed by atoms with E-state index in [0.717, 1.165) is 5.56 Å². The monoisotopic (exact) mass is 292 g/mol. The minimum absolute atomic E-state index is 0.176. The highest BCUT2D eigenvalue weighted by Crippen LogP contribution is 2.38. The molecule has 0 bridgehead atoms. The second kappa shape index (κ2) is 5.69. The zero-order valence-electron chi connectivity index (χ0n) is 11.9. The molecule has 3 rings (SSSR count). The molecule has 4 heteroatoms. The maximum atomic E-state index is 10.1. The third kappa shape index (κ3) is 2.81. The Balaban J connectivity index is 2.05. The molecule has 0 unspecified atom stereocenters. The van der Waals surface area contributed by atoms with Gasteiger partial charge in [0, 0.05) is 22.5 Å². The van der Waals surface area contributed by atoms with Gasteiger partial charge in [0.15, 0.2) is 0 Å². The predicted molar refractivity (Wildman–Crippen MR) is 88.9 cm³/mol. The van der Waals surface area contributed by atoms with Crippen molar-refractivity contribution in [3.8, 4) is 28.4 Å². The molecule has 0 aliphatic rings. The summed E-state index contributed by atoms with van der Waals surface area (Å²) in [7, 11) is 0. The molecule has 0 saturated heterocycles. The number of para-hydroxylation sites is 1. The topological polar surface area (TPSA) is 81.5 Å². The van der Waals surface area contributed by atoms with Gasteiger partial charge in [-0.3, -0.25) is 0 Å². The van der Waals surface area contributed by atoms with Crippen LogP contribution in [0.3, 0.4) is 0 Å². The molecule has 22 heavy (non-hydrogen) atoms. The number of phenols is 1. The molecule has 0 aromatic heterocycles. The van der Waals surface area contributed by atoms with Crippen LogP contribution in [0.5, 0.6) is 17.2 Å². The van der Waals surface area contributed by atoms with E-state index in [-0.39, 0.29) is 5.75 Å². The van der Waals surface area contributed by atoms with Gasteiger partial charge in [-0.2, -0.15) is 0 Å². The van der Waals surface area contributed by atoms with E-state index in [4.69, 9.17) is 16.2 Å². The third-order valence-corrected chi connectivity index (χ3v) is 3.31. The Bertz CT molecular complexity index is 798. The lowest BCUT2D eigenvalue weighted by atomic mass is 10.0. The molecule has 3 aromatic carbocycles. The number of anilines is 2. The van der Waals surface area contributed by atoms with Crippen LogP contribution in [-0.2, 0) is 0 Å². The molecule has 0 saturated carbocycles. The van der Waals surface area contributed by atoms with Gasteiger partial charge >= 0.3 is 0 Å². The van der Waals surface area contributed by atoms with Gasteiger partial charge in [-0.1, -0.05) is 18.2 Å². The summed E-state index contributed by atoms with van der Waals surface area (Å²) in [4.78, 5) is 0. The lowest BCUT2D eigenvalue weighted by Gasteiger charge is -2.13. The molecular formula is C18H16N2O2. The number of hydrogen-bond donors (Lipinski definition) is 3. The van der Waals surface area contributed by atoms with Crippen LogP contribution in [0.4, 0.5) is 11.4 Å². The number of ether oxygens (including phenoxy) is 1. The van der Waals surface area contributed by atoms with Crippen LogP contribution in [0.2, 0.25) is 0 Å². The number of phenolic OH excluding ortho intramolecular Hbond substituents is 1. The van der Waals surface area contributed by atoms with Gasteiger partial charge in [0.25, 0.3) is 0 Å². The van der Waals surface area contributed by atoms with Crippen molar-refractivity contribution in [3.63, 3.8) is 0 Å². The normalized spacial score (nSPS) is 10.4. The van der Waals surface area contributed by atoms with Crippen LogP contribution in [0.25, 0.3) is 11.1 Å². The Kier molecular flexibility index (Phi) is 3.58. The van der Waals surface area contributed by atoms with Gasteiger partial charge in [-0.05, 0) is 48.5 Å². The molecule has 0 amide bonds. The first-order valence-corrected chi connectivity index (χ1v) is 6.85. The average Bonchev–Trinajstić information content (AvgIpc) is 2.52. The Labute approximate surface area is 128 Å². The van der Waals surface area contributed by atoms with Gasteiger partial charge in [-0.15, -0.1) is 0 Å². The lowest BCUT2D eigenvalue weighted by Crippen LogP contribution is -1.92. The molecule has 0 aliphatic heterocycles. The van der Waals surface area contributed by atoms with E-state index in [1.807, 2.05) is 12.1 Å². The highest BCUT2D eigenvalue weighted by Gasteiger charge is 2.11. The Morgan fingerprint density at radius 3 is 2.14 bits per heavy atom. The van der Waals surface area contributed by atoms with Gasteiger partial charge in [-0.25, -0.2) is 0 Å². The van der Waals surface area contributed by atoms with Gasteiger partial charge < -0.3 is 21.3 Å². The fraction of sp³-hybridized carbons (Fsp3) is 0. The lowest BCUT2D eigenvalue weighted by molar-refractivity contribution is 0.472. The second-order valence-corrected chi connectivity index (χ2v) is 4.94. The molecule has 110 valence electrons. The van der Waals surface area contributed by atoms with Gasteiger partial charge in [0.1, 0.15) is 17.2 Å². The zero-order chi connectivity index (χ0) is 15.5. The summed E-state index contributed by atoms with van der Waals surface area (Å²) in [6.07, 6.45) is 0. The average molecular weight is 292 g/mol. The van der Waals surface area contributed by atoms with E-state index in [1.165, 1.54) is 0 Å². The number of nitrogens with two attached hydrogens (primary N) is 2. The standard InChI is InChI=1S/C18H16N2O2/c19-12-5-8-14(9-6-12)22-18-10-7-13(20)11-16(18)15-3-1-2-4-17(15)21/h1-11,21H,19-20H2. The van der Waals surface area contributed by atoms with Crippen molar-refractivity contribution in [1.82, 2.24) is 0 Å². The highest BCUT2D eigenvalue weighted by molar-refractivity contribution is 5.78. The van der Waals surface area contributed by atoms with Crippen molar-refractivity contribution < 1.29 is 9.84 Å². The van der Waals surface area contributed by atoms with E-state index < -0.39 is 0 Å². The molecule has 0 spiro atoms. The number of nitrogen functional groups attached to an aromatic ring is 2. The van der Waals surface area contributed by atoms with E-state index >= 15 is 0 Å². The molecule has 0 heterocycles. The smallest absolute Gasteiger partial charge is 0.135 e. The predicted octanol–water partition coefficient (Wildman–Crippen LogP) is 4.02. The van der Waals surface area contributed by atoms with Crippen LogP contribution in [0.1, 0.15) is 0 Å². The number of aromatic hydroxyl groups is 1. The third-order valence-electron chi connectivity index (χ3n) is 3.31. The van der Waals surface area contributed by atoms with Crippen molar-refractivity contribution in [2.75, 3.05) is 11.5 Å². The summed E-state index contributed by atoms with van der Waals surface area (Å²) in [6, 6.07) is 19.5. The van der Waals surface area contributed by atoms with E-state index in [2.05, 4.69) is 0 Å². The summed E-state index contributed by atoms with van der Waals surface area (Å²) < 4.78 is 5.91. The van der Waals surface area contributed by atoms with Gasteiger partial charge in [0.05, 0.1) is 0 Å². The van der Waals surface area contributed by atoms with Crippen LogP contribution in [-0.4, -0.2) is 5.11 Å². The van der Waals surface area contributed by atoms with E-state index in [1.54, 1.807) is 54.6 Å². The zero-order valence-corrected chi connectivity index (χ0v) is 11.9. The largest absolute Gasteiger partial charge is 0.507 e. The maximum absolute atomic E-state index is 10.1. The Hall–Kier alpha value is -3.14. The van der Waals surface area contributed by atoms with Crippen molar-refractivity contribution in [2.24, 2.45) is 0 Å². The molecular weight excluding hydrogens is 276 g/mol. The summed E-state index contributed by atoms with van der Waals surface area (Å²) in [5.41, 5.74) is 14.2. The number of rotatable bonds is 3. The number of hydrogen-bond acceptors (Lipinski definition) is 4. The summed E-state index contributed by atoms with van der Waals surface area (Å²) >= 11 is 0. The van der Waals surface area contributed by atoms with Gasteiger partial charge in [0.2, 0.25) is 0 Å². The second-order valence-electron chi connectivity index (χ2n) is 4.94. The SMILES string of the molecule is Nc1ccc(Oc2ccc(N)cc2-c2ccccc2O)cc1. The molecule has 3 aromatic rings. The summed E-state index contributed by atoms with van der Waals surface area (Å²) in [5.74, 6) is 1.45. The van der Waals surface area contributed by atoms with Crippen molar-refractivity contribution >= 4 is 11.4 Å². The van der Waals surface area contributed by atoms with Crippen LogP contribution in [0, 0.1) is 0 Å². The van der Waals surface area contributed by atoms with E-state index in [9.17, 15) is 5.11 Å². The number of benzene rings is 3. The Morgan fingerprint density at radius 1 is 0.727 bits per heavy atom. The first kappa shape index (κ1) is 13.8. The van der Waals surface area contributed by atoms with Crippen molar-refractivity contribution in [1.29, 1.82) is 0 Å². The molecule has 0 fully saturated rings. The minimum Gasteiger partial charge on any atom is -0.507 e. The van der Waals surface area contributed by atoms with Crippen molar-refractivity contribution in [3.05, 3.63) is 66.7 Å². The molecule has 5 N–H and O–H groups in total. The fourth-order valence-electron chi connectivity index (χ4n) is 2.21. The van der Waals surface area contributed by atoms with Crippen LogP contribution < -0.4 is 16.2 Å². The first-order valence-electron chi connectivity index (χ1n) is 6.85. The summed E-state index contributed by atoms with van der Waals surface area (Å²) in [6.45, 7) is 0. The quantitative estimate of drug-likeness (QED) is 0.637. The van der Waals surface area contributed by atoms with Crippen LogP contribution >= 0.6 is 0 Å². The van der Waals surface area contributed by atoms with E-state index in [0.29, 0.717) is 28.4 Å². The Morgan fingerprint density at radius 2 is 1.41 bits per heavy atom. The summed E-state index contributed by atoms with van der Waals surface area (Å²) in [5, 5.41) is 10.1. The molecule has 0 atom stereocenters. The molecule has 0 radical (unpaired) electrons. The first-order chi connectivity index (χ1) is 10.6. The minimum atomic E-state index is 0.176.